The number of nitrogens with zero attached hydrogens (tertiary/aromatic N) is 1. The zero-order valence-electron chi connectivity index (χ0n) is 7.33. The van der Waals surface area contributed by atoms with E-state index in [0.717, 1.165) is 10.6 Å². The molecule has 66 valence electrons. The molecule has 0 saturated heterocycles. The summed E-state index contributed by atoms with van der Waals surface area (Å²) in [6.07, 6.45) is -0.171. The highest BCUT2D eigenvalue weighted by atomic mass is 32.1. The zero-order valence-corrected chi connectivity index (χ0v) is 8.14. The van der Waals surface area contributed by atoms with Gasteiger partial charge in [-0.05, 0) is 13.8 Å². The third kappa shape index (κ3) is 2.04. The Hall–Kier alpha value is -0.900. The van der Waals surface area contributed by atoms with Crippen LogP contribution in [0.4, 0.5) is 0 Å². The van der Waals surface area contributed by atoms with Crippen molar-refractivity contribution in [3.63, 3.8) is 0 Å². The van der Waals surface area contributed by atoms with E-state index in [0.29, 0.717) is 0 Å². The average molecular weight is 185 g/mol. The highest BCUT2D eigenvalue weighted by molar-refractivity contribution is 7.09. The third-order valence-electron chi connectivity index (χ3n) is 1.49. The van der Waals surface area contributed by atoms with Crippen LogP contribution in [0, 0.1) is 6.92 Å². The molecule has 0 saturated carbocycles. The second-order valence-electron chi connectivity index (χ2n) is 2.55. The minimum Gasteiger partial charge on any atom is -0.457 e. The Labute approximate surface area is 75.4 Å². The summed E-state index contributed by atoms with van der Waals surface area (Å²) in [7, 11) is 0. The van der Waals surface area contributed by atoms with Gasteiger partial charge in [-0.3, -0.25) is 4.79 Å². The van der Waals surface area contributed by atoms with Crippen LogP contribution >= 0.6 is 11.3 Å². The van der Waals surface area contributed by atoms with E-state index in [-0.39, 0.29) is 12.1 Å². The lowest BCUT2D eigenvalue weighted by Gasteiger charge is -2.09. The lowest BCUT2D eigenvalue weighted by molar-refractivity contribution is -0.145. The van der Waals surface area contributed by atoms with Crippen LogP contribution in [0.15, 0.2) is 5.51 Å². The van der Waals surface area contributed by atoms with Gasteiger partial charge in [-0.1, -0.05) is 0 Å². The molecule has 3 nitrogen and oxygen atoms in total. The van der Waals surface area contributed by atoms with Crippen LogP contribution in [0.3, 0.4) is 0 Å². The molecule has 0 aliphatic carbocycles. The van der Waals surface area contributed by atoms with Gasteiger partial charge in [0.05, 0.1) is 16.1 Å². The molecule has 0 fully saturated rings. The summed E-state index contributed by atoms with van der Waals surface area (Å²) < 4.78 is 5.01. The van der Waals surface area contributed by atoms with E-state index in [1.807, 2.05) is 13.8 Å². The van der Waals surface area contributed by atoms with Gasteiger partial charge in [-0.2, -0.15) is 0 Å². The Morgan fingerprint density at radius 1 is 1.75 bits per heavy atom. The summed E-state index contributed by atoms with van der Waals surface area (Å²) >= 11 is 1.51. The molecule has 1 atom stereocenters. The molecule has 1 unspecified atom stereocenters. The van der Waals surface area contributed by atoms with Gasteiger partial charge in [-0.15, -0.1) is 11.3 Å². The minimum absolute atomic E-state index is 0.171. The van der Waals surface area contributed by atoms with E-state index in [1.54, 1.807) is 5.51 Å². The maximum absolute atomic E-state index is 10.6. The van der Waals surface area contributed by atoms with Gasteiger partial charge < -0.3 is 4.74 Å². The first-order valence-corrected chi connectivity index (χ1v) is 4.56. The van der Waals surface area contributed by atoms with Crippen molar-refractivity contribution in [3.8, 4) is 0 Å². The number of aryl methyl sites for hydroxylation is 1. The second-order valence-corrected chi connectivity index (χ2v) is 3.44. The Morgan fingerprint density at radius 2 is 2.42 bits per heavy atom. The fraction of sp³-hybridized carbons (Fsp3) is 0.500. The molecule has 4 heteroatoms. The van der Waals surface area contributed by atoms with E-state index in [1.165, 1.54) is 18.3 Å². The third-order valence-corrected chi connectivity index (χ3v) is 2.59. The largest absolute Gasteiger partial charge is 0.457 e. The number of carbonyl (C=O) groups is 1. The molecule has 1 aromatic rings. The van der Waals surface area contributed by atoms with Crippen LogP contribution in [-0.4, -0.2) is 11.0 Å². The standard InChI is InChI=1S/C8H11NO2S/c1-5-8(12-4-9-5)6(2)11-7(3)10/h4,6H,1-3H3. The molecule has 0 aliphatic rings. The summed E-state index contributed by atoms with van der Waals surface area (Å²) in [4.78, 5) is 15.7. The van der Waals surface area contributed by atoms with Crippen molar-refractivity contribution < 1.29 is 9.53 Å². The Morgan fingerprint density at radius 3 is 2.83 bits per heavy atom. The van der Waals surface area contributed by atoms with E-state index < -0.39 is 0 Å². The maximum Gasteiger partial charge on any atom is 0.303 e. The molecule has 0 amide bonds. The van der Waals surface area contributed by atoms with E-state index >= 15 is 0 Å². The Kier molecular flexibility index (Phi) is 2.81. The number of rotatable bonds is 2. The van der Waals surface area contributed by atoms with Gasteiger partial charge in [0.15, 0.2) is 0 Å². The van der Waals surface area contributed by atoms with Gasteiger partial charge in [0, 0.05) is 6.92 Å². The number of thiazole rings is 1. The molecule has 0 spiro atoms. The molecule has 0 aliphatic heterocycles. The number of aromatic nitrogens is 1. The first-order chi connectivity index (χ1) is 5.61. The lowest BCUT2D eigenvalue weighted by atomic mass is 10.3. The molecule has 0 N–H and O–H groups in total. The lowest BCUT2D eigenvalue weighted by Crippen LogP contribution is -2.04. The fourth-order valence-electron chi connectivity index (χ4n) is 1.00. The predicted octanol–water partition coefficient (Wildman–Crippen LogP) is 2.08. The summed E-state index contributed by atoms with van der Waals surface area (Å²) in [6, 6.07) is 0. The molecule has 1 heterocycles. The van der Waals surface area contributed by atoms with E-state index in [4.69, 9.17) is 4.74 Å². The van der Waals surface area contributed by atoms with Crippen molar-refractivity contribution in [2.45, 2.75) is 26.9 Å². The smallest absolute Gasteiger partial charge is 0.303 e. The monoisotopic (exact) mass is 185 g/mol. The summed E-state index contributed by atoms with van der Waals surface area (Å²) in [5.74, 6) is -0.254. The van der Waals surface area contributed by atoms with Crippen LogP contribution < -0.4 is 0 Å². The van der Waals surface area contributed by atoms with Crippen LogP contribution in [0.1, 0.15) is 30.5 Å². The Bertz CT molecular complexity index is 282. The number of carbonyl (C=O) groups excluding carboxylic acids is 1. The topological polar surface area (TPSA) is 39.2 Å². The highest BCUT2D eigenvalue weighted by Gasteiger charge is 2.12. The van der Waals surface area contributed by atoms with E-state index in [2.05, 4.69) is 4.98 Å². The summed E-state index contributed by atoms with van der Waals surface area (Å²) in [5.41, 5.74) is 2.69. The molecule has 0 bridgehead atoms. The van der Waals surface area contributed by atoms with Gasteiger partial charge in [-0.25, -0.2) is 4.98 Å². The number of ether oxygens (including phenoxy) is 1. The summed E-state index contributed by atoms with van der Waals surface area (Å²) in [6.45, 7) is 5.17. The van der Waals surface area contributed by atoms with Crippen LogP contribution in [0.2, 0.25) is 0 Å². The second kappa shape index (κ2) is 3.67. The molecule has 0 aromatic carbocycles. The maximum atomic E-state index is 10.6. The van der Waals surface area contributed by atoms with Gasteiger partial charge in [0.2, 0.25) is 0 Å². The SMILES string of the molecule is CC(=O)OC(C)c1scnc1C. The number of hydrogen-bond donors (Lipinski definition) is 0. The van der Waals surface area contributed by atoms with Gasteiger partial charge >= 0.3 is 5.97 Å². The van der Waals surface area contributed by atoms with Crippen LogP contribution in [0.5, 0.6) is 0 Å². The fourth-order valence-corrected chi connectivity index (χ4v) is 1.79. The van der Waals surface area contributed by atoms with Crippen LogP contribution in [-0.2, 0) is 9.53 Å². The minimum atomic E-state index is -0.254. The van der Waals surface area contributed by atoms with Crippen molar-refractivity contribution >= 4 is 17.3 Å². The predicted molar refractivity (Wildman–Crippen MR) is 47.0 cm³/mol. The van der Waals surface area contributed by atoms with Crippen molar-refractivity contribution in [1.29, 1.82) is 0 Å². The van der Waals surface area contributed by atoms with Gasteiger partial charge in [0.1, 0.15) is 6.10 Å². The first-order valence-electron chi connectivity index (χ1n) is 3.68. The molecular weight excluding hydrogens is 174 g/mol. The average Bonchev–Trinajstić information content (AvgIpc) is 2.33. The molecular formula is C8H11NO2S. The highest BCUT2D eigenvalue weighted by Crippen LogP contribution is 2.23. The van der Waals surface area contributed by atoms with Crippen molar-refractivity contribution in [3.05, 3.63) is 16.1 Å². The first kappa shape index (κ1) is 9.19. The van der Waals surface area contributed by atoms with E-state index in [9.17, 15) is 4.79 Å². The number of hydrogen-bond acceptors (Lipinski definition) is 4. The molecule has 0 radical (unpaired) electrons. The zero-order chi connectivity index (χ0) is 9.14. The van der Waals surface area contributed by atoms with Crippen molar-refractivity contribution in [1.82, 2.24) is 4.98 Å². The van der Waals surface area contributed by atoms with Crippen molar-refractivity contribution in [2.75, 3.05) is 0 Å². The normalized spacial score (nSPS) is 12.6. The van der Waals surface area contributed by atoms with Crippen molar-refractivity contribution in [2.24, 2.45) is 0 Å². The number of esters is 1. The molecule has 1 rings (SSSR count). The Balaban J connectivity index is 2.71. The quantitative estimate of drug-likeness (QED) is 0.662. The molecule has 1 aromatic heterocycles. The van der Waals surface area contributed by atoms with Gasteiger partial charge in [0.25, 0.3) is 0 Å². The molecule has 12 heavy (non-hydrogen) atoms. The summed E-state index contributed by atoms with van der Waals surface area (Å²) in [5, 5.41) is 0. The van der Waals surface area contributed by atoms with Crippen LogP contribution in [0.25, 0.3) is 0 Å².